The van der Waals surface area contributed by atoms with Gasteiger partial charge >= 0.3 is 11.7 Å². The third kappa shape index (κ3) is 6.26. The van der Waals surface area contributed by atoms with Crippen LogP contribution in [0.1, 0.15) is 10.4 Å². The normalized spacial score (nSPS) is 10.3. The van der Waals surface area contributed by atoms with Gasteiger partial charge in [-0.15, -0.1) is 23.1 Å². The van der Waals surface area contributed by atoms with Crippen molar-refractivity contribution < 1.29 is 24.0 Å². The summed E-state index contributed by atoms with van der Waals surface area (Å²) in [6, 6.07) is 6.60. The first-order valence-electron chi connectivity index (χ1n) is 7.79. The van der Waals surface area contributed by atoms with Crippen molar-refractivity contribution in [2.45, 2.75) is 12.7 Å². The molecule has 1 aromatic carbocycles. The van der Waals surface area contributed by atoms with E-state index in [0.29, 0.717) is 17.0 Å². The molecule has 0 spiro atoms. The van der Waals surface area contributed by atoms with Crippen LogP contribution in [0, 0.1) is 17.0 Å². The average Bonchev–Trinajstić information content (AvgIpc) is 3.14. The maximum absolute atomic E-state index is 12.0. The Morgan fingerprint density at radius 1 is 1.37 bits per heavy atom. The molecule has 144 valence electrons. The molecule has 0 aliphatic carbocycles. The minimum absolute atomic E-state index is 0.0304. The molecule has 0 atom stereocenters. The predicted molar refractivity (Wildman–Crippen MR) is 104 cm³/mol. The van der Waals surface area contributed by atoms with E-state index in [1.807, 2.05) is 17.5 Å². The molecule has 0 aliphatic heterocycles. The summed E-state index contributed by atoms with van der Waals surface area (Å²) >= 11 is 3.02. The maximum atomic E-state index is 12.0. The van der Waals surface area contributed by atoms with Crippen LogP contribution in [0.2, 0.25) is 0 Å². The predicted octanol–water partition coefficient (Wildman–Crippen LogP) is 3.39. The number of anilines is 1. The second-order valence-corrected chi connectivity index (χ2v) is 7.39. The lowest BCUT2D eigenvalue weighted by molar-refractivity contribution is -0.385. The topological polar surface area (TPSA) is 108 Å². The highest BCUT2D eigenvalue weighted by Crippen LogP contribution is 2.32. The monoisotopic (exact) mass is 410 g/mol. The lowest BCUT2D eigenvalue weighted by atomic mass is 10.1. The number of ether oxygens (including phenoxy) is 2. The number of methoxy groups -OCH3 is 1. The summed E-state index contributed by atoms with van der Waals surface area (Å²) in [7, 11) is 1.30. The van der Waals surface area contributed by atoms with Crippen LogP contribution in [0.25, 0.3) is 0 Å². The number of esters is 1. The average molecular weight is 410 g/mol. The first-order chi connectivity index (χ1) is 12.9. The summed E-state index contributed by atoms with van der Waals surface area (Å²) in [5, 5.41) is 15.5. The van der Waals surface area contributed by atoms with E-state index in [-0.39, 0.29) is 17.2 Å². The fourth-order valence-electron chi connectivity index (χ4n) is 2.12. The fourth-order valence-corrected chi connectivity index (χ4v) is 3.78. The third-order valence-electron chi connectivity index (χ3n) is 3.41. The van der Waals surface area contributed by atoms with Gasteiger partial charge < -0.3 is 14.8 Å². The molecule has 1 heterocycles. The molecule has 27 heavy (non-hydrogen) atoms. The summed E-state index contributed by atoms with van der Waals surface area (Å²) in [4.78, 5) is 35.3. The van der Waals surface area contributed by atoms with Gasteiger partial charge in [-0.3, -0.25) is 19.7 Å². The van der Waals surface area contributed by atoms with Crippen molar-refractivity contribution in [3.8, 4) is 5.75 Å². The zero-order valence-corrected chi connectivity index (χ0v) is 16.4. The first-order valence-corrected chi connectivity index (χ1v) is 9.82. The number of carbonyl (C=O) groups excluding carboxylic acids is 2. The standard InChI is InChI=1S/C17H18N2O6S2/c1-11-6-14(19(22)23)15(24-2)7-13(11)18-16(20)8-25-17(21)10-26-9-12-4-3-5-27-12/h3-7H,8-10H2,1-2H3,(H,18,20). The second-order valence-electron chi connectivity index (χ2n) is 5.38. The Labute approximate surface area is 164 Å². The molecule has 10 heteroatoms. The van der Waals surface area contributed by atoms with Crippen molar-refractivity contribution in [2.75, 3.05) is 24.8 Å². The van der Waals surface area contributed by atoms with Gasteiger partial charge in [0.05, 0.1) is 17.8 Å². The number of nitrogens with one attached hydrogen (secondary N) is 1. The number of nitrogens with zero attached hydrogens (tertiary/aromatic N) is 1. The zero-order valence-electron chi connectivity index (χ0n) is 14.7. The molecule has 0 unspecified atom stereocenters. The van der Waals surface area contributed by atoms with Crippen LogP contribution in [0.5, 0.6) is 5.75 Å². The Kier molecular flexibility index (Phi) is 7.62. The van der Waals surface area contributed by atoms with Gasteiger partial charge in [-0.2, -0.15) is 0 Å². The fraction of sp³-hybridized carbons (Fsp3) is 0.294. The lowest BCUT2D eigenvalue weighted by Crippen LogP contribution is -2.22. The number of amides is 1. The molecular weight excluding hydrogens is 392 g/mol. The van der Waals surface area contributed by atoms with Crippen LogP contribution in [0.4, 0.5) is 11.4 Å². The molecule has 0 bridgehead atoms. The molecule has 8 nitrogen and oxygen atoms in total. The van der Waals surface area contributed by atoms with Gasteiger partial charge in [-0.25, -0.2) is 0 Å². The van der Waals surface area contributed by atoms with E-state index in [0.717, 1.165) is 4.88 Å². The van der Waals surface area contributed by atoms with Crippen molar-refractivity contribution in [3.63, 3.8) is 0 Å². The Morgan fingerprint density at radius 2 is 2.15 bits per heavy atom. The molecule has 2 rings (SSSR count). The zero-order chi connectivity index (χ0) is 19.8. The van der Waals surface area contributed by atoms with Crippen LogP contribution < -0.4 is 10.1 Å². The number of thiophene rings is 1. The molecule has 0 aliphatic rings. The number of rotatable bonds is 9. The van der Waals surface area contributed by atoms with Gasteiger partial charge in [-0.1, -0.05) is 6.07 Å². The molecule has 0 fully saturated rings. The highest BCUT2D eigenvalue weighted by atomic mass is 32.2. The summed E-state index contributed by atoms with van der Waals surface area (Å²) in [6.07, 6.45) is 0. The Hall–Kier alpha value is -2.59. The van der Waals surface area contributed by atoms with Gasteiger partial charge in [0.15, 0.2) is 12.4 Å². The lowest BCUT2D eigenvalue weighted by Gasteiger charge is -2.11. The highest BCUT2D eigenvalue weighted by Gasteiger charge is 2.18. The number of thioether (sulfide) groups is 1. The van der Waals surface area contributed by atoms with Crippen LogP contribution >= 0.6 is 23.1 Å². The van der Waals surface area contributed by atoms with Crippen molar-refractivity contribution >= 4 is 46.3 Å². The number of benzene rings is 1. The summed E-state index contributed by atoms with van der Waals surface area (Å²) in [6.45, 7) is 1.19. The van der Waals surface area contributed by atoms with E-state index in [9.17, 15) is 19.7 Å². The van der Waals surface area contributed by atoms with Crippen LogP contribution in [-0.2, 0) is 20.1 Å². The molecule has 1 aromatic heterocycles. The van der Waals surface area contributed by atoms with Crippen LogP contribution in [-0.4, -0.2) is 36.3 Å². The summed E-state index contributed by atoms with van der Waals surface area (Å²) < 4.78 is 9.92. The van der Waals surface area contributed by atoms with Crippen molar-refractivity contribution in [3.05, 3.63) is 50.2 Å². The molecule has 1 N–H and O–H groups in total. The summed E-state index contributed by atoms with van der Waals surface area (Å²) in [5.41, 5.74) is 0.654. The van der Waals surface area contributed by atoms with Gasteiger partial charge in [0, 0.05) is 28.5 Å². The molecular formula is C17H18N2O6S2. The van der Waals surface area contributed by atoms with E-state index < -0.39 is 23.4 Å². The van der Waals surface area contributed by atoms with Crippen molar-refractivity contribution in [1.82, 2.24) is 0 Å². The summed E-state index contributed by atoms with van der Waals surface area (Å²) in [5.74, 6) is -0.130. The minimum atomic E-state index is -0.562. The van der Waals surface area contributed by atoms with E-state index in [1.165, 1.54) is 31.0 Å². The Balaban J connectivity index is 1.82. The molecule has 0 saturated heterocycles. The number of hydrogen-bond donors (Lipinski definition) is 1. The van der Waals surface area contributed by atoms with Gasteiger partial charge in [0.25, 0.3) is 5.91 Å². The van der Waals surface area contributed by atoms with Gasteiger partial charge in [-0.05, 0) is 23.9 Å². The van der Waals surface area contributed by atoms with E-state index in [2.05, 4.69) is 5.32 Å². The van der Waals surface area contributed by atoms with Crippen molar-refractivity contribution in [1.29, 1.82) is 0 Å². The van der Waals surface area contributed by atoms with Crippen LogP contribution in [0.3, 0.4) is 0 Å². The van der Waals surface area contributed by atoms with E-state index >= 15 is 0 Å². The number of nitro benzene ring substituents is 1. The molecule has 2 aromatic rings. The molecule has 0 radical (unpaired) electrons. The largest absolute Gasteiger partial charge is 0.490 e. The minimum Gasteiger partial charge on any atom is -0.490 e. The second kappa shape index (κ2) is 9.93. The van der Waals surface area contributed by atoms with E-state index in [4.69, 9.17) is 9.47 Å². The van der Waals surface area contributed by atoms with Crippen LogP contribution in [0.15, 0.2) is 29.6 Å². The van der Waals surface area contributed by atoms with Crippen molar-refractivity contribution in [2.24, 2.45) is 0 Å². The number of aryl methyl sites for hydroxylation is 1. The SMILES string of the molecule is COc1cc(NC(=O)COC(=O)CSCc2cccs2)c(C)cc1[N+](=O)[O-]. The third-order valence-corrected chi connectivity index (χ3v) is 5.42. The van der Waals surface area contributed by atoms with E-state index in [1.54, 1.807) is 18.3 Å². The first kappa shape index (κ1) is 20.7. The maximum Gasteiger partial charge on any atom is 0.316 e. The smallest absolute Gasteiger partial charge is 0.316 e. The van der Waals surface area contributed by atoms with Gasteiger partial charge in [0.2, 0.25) is 0 Å². The number of nitro groups is 1. The quantitative estimate of drug-likeness (QED) is 0.383. The Morgan fingerprint density at radius 3 is 2.78 bits per heavy atom. The van der Waals surface area contributed by atoms with Gasteiger partial charge in [0.1, 0.15) is 0 Å². The number of carbonyl (C=O) groups is 2. The molecule has 0 saturated carbocycles. The highest BCUT2D eigenvalue weighted by molar-refractivity contribution is 7.99. The number of hydrogen-bond acceptors (Lipinski definition) is 8. The Bertz CT molecular complexity index is 823. The molecule has 1 amide bonds.